The average Bonchev–Trinajstić information content (AvgIpc) is 3.29. The van der Waals surface area contributed by atoms with E-state index < -0.39 is 13.7 Å². The third-order valence-corrected chi connectivity index (χ3v) is 20.2. The van der Waals surface area contributed by atoms with Crippen LogP contribution in [0.3, 0.4) is 0 Å². The van der Waals surface area contributed by atoms with Gasteiger partial charge in [-0.25, -0.2) is 4.79 Å². The fraction of sp³-hybridized carbons (Fsp3) is 0.518. The number of rotatable bonds is 15. The van der Waals surface area contributed by atoms with Crippen molar-refractivity contribution in [2.24, 2.45) is 35.0 Å². The Balaban J connectivity index is 1.14. The van der Waals surface area contributed by atoms with Crippen LogP contribution >= 0.6 is 0 Å². The predicted octanol–water partition coefficient (Wildman–Crippen LogP) is 11.3. The number of esters is 2. The lowest BCUT2D eigenvalue weighted by Gasteiger charge is -2.53. The average molecular weight is 900 g/mol. The van der Waals surface area contributed by atoms with Gasteiger partial charge in [0.05, 0.1) is 17.9 Å². The molecule has 8 nitrogen and oxygen atoms in total. The molecule has 348 valence electrons. The Morgan fingerprint density at radius 1 is 0.708 bits per heavy atom. The lowest BCUT2D eigenvalue weighted by Crippen LogP contribution is -2.68. The Morgan fingerprint density at radius 2 is 1.25 bits per heavy atom. The molecule has 9 heteroatoms. The monoisotopic (exact) mass is 900 g/mol. The quantitative estimate of drug-likeness (QED) is 0.0667. The number of nitrogens with zero attached hydrogens (tertiary/aromatic N) is 1. The van der Waals surface area contributed by atoms with Crippen molar-refractivity contribution in [1.82, 2.24) is 4.90 Å². The standard InChI is InChI=1S/C56H73NO7Si/c1-9-56(7,8)53(59)62-49-34-40(3)52(63-54(60)57(37-41-22-14-10-15-23-41)38-42-24-16-11-17-25-42)48-32-30-39(2)47(51(48)49)33-31-43-35-44(36-50(58)61-43)64-65(55(4,5)6,45-26-18-12-19-27-45)46-28-20-13-21-29-46/h10-29,39-40,43-44,47-49,51-52H,9,30-38H2,1-8H3/t39-,40+,43+,44+,47-,48+,49-,51+,52+/m0/s1. The molecule has 0 bridgehead atoms. The van der Waals surface area contributed by atoms with Crippen LogP contribution in [0.4, 0.5) is 4.79 Å². The molecular weight excluding hydrogens is 827 g/mol. The Hall–Kier alpha value is -4.73. The Bertz CT molecular complexity index is 2080. The van der Waals surface area contributed by atoms with E-state index in [1.165, 1.54) is 10.4 Å². The number of ether oxygens (including phenoxy) is 3. The van der Waals surface area contributed by atoms with Gasteiger partial charge in [0.15, 0.2) is 0 Å². The number of amides is 1. The molecule has 0 spiro atoms. The van der Waals surface area contributed by atoms with Crippen LogP contribution in [-0.2, 0) is 41.3 Å². The first-order chi connectivity index (χ1) is 31.1. The van der Waals surface area contributed by atoms with E-state index in [1.54, 1.807) is 0 Å². The SMILES string of the molecule is CCC(C)(C)C(=O)O[C@H]1C[C@@H](C)[C@@H](OC(=O)N(Cc2ccccc2)Cc2ccccc2)[C@@H]2CC[C@H](C)[C@H](CC[C@@H]3C[C@@H](O[Si](c4ccccc4)(c4ccccc4)C(C)(C)C)CC(=O)O3)[C@H]21. The number of hydrogen-bond acceptors (Lipinski definition) is 7. The number of fused-ring (bicyclic) bond motifs is 1. The summed E-state index contributed by atoms with van der Waals surface area (Å²) in [6, 6.07) is 41.3. The van der Waals surface area contributed by atoms with Crippen molar-refractivity contribution < 1.29 is 33.0 Å². The maximum atomic E-state index is 14.5. The Kier molecular flexibility index (Phi) is 15.5. The van der Waals surface area contributed by atoms with E-state index in [2.05, 4.69) is 83.1 Å². The van der Waals surface area contributed by atoms with E-state index in [0.29, 0.717) is 44.7 Å². The highest BCUT2D eigenvalue weighted by Crippen LogP contribution is 2.52. The van der Waals surface area contributed by atoms with E-state index in [4.69, 9.17) is 18.6 Å². The first kappa shape index (κ1) is 48.2. The van der Waals surface area contributed by atoms with Gasteiger partial charge < -0.3 is 18.6 Å². The molecule has 4 aromatic rings. The van der Waals surface area contributed by atoms with Crippen LogP contribution in [0.1, 0.15) is 118 Å². The summed E-state index contributed by atoms with van der Waals surface area (Å²) in [5, 5.41) is 2.15. The summed E-state index contributed by atoms with van der Waals surface area (Å²) in [5.41, 5.74) is 1.45. The zero-order chi connectivity index (χ0) is 46.4. The van der Waals surface area contributed by atoms with E-state index >= 15 is 0 Å². The molecule has 0 unspecified atom stereocenters. The molecule has 0 aromatic heterocycles. The normalized spacial score (nSPS) is 26.0. The zero-order valence-electron chi connectivity index (χ0n) is 40.1. The van der Waals surface area contributed by atoms with Crippen molar-refractivity contribution in [1.29, 1.82) is 0 Å². The summed E-state index contributed by atoms with van der Waals surface area (Å²) in [7, 11) is -2.91. The van der Waals surface area contributed by atoms with Gasteiger partial charge in [-0.15, -0.1) is 0 Å². The molecule has 1 heterocycles. The minimum Gasteiger partial charge on any atom is -0.462 e. The van der Waals surface area contributed by atoms with Gasteiger partial charge >= 0.3 is 18.0 Å². The van der Waals surface area contributed by atoms with E-state index in [1.807, 2.05) is 98.5 Å². The van der Waals surface area contributed by atoms with Crippen molar-refractivity contribution in [3.8, 4) is 0 Å². The first-order valence-corrected chi connectivity index (χ1v) is 26.2. The third-order valence-electron chi connectivity index (χ3n) is 15.1. The van der Waals surface area contributed by atoms with Crippen molar-refractivity contribution >= 4 is 36.7 Å². The van der Waals surface area contributed by atoms with Crippen LogP contribution in [0.5, 0.6) is 0 Å². The second-order valence-electron chi connectivity index (χ2n) is 21.1. The minimum absolute atomic E-state index is 0.00174. The van der Waals surface area contributed by atoms with Crippen LogP contribution in [-0.4, -0.2) is 55.7 Å². The van der Waals surface area contributed by atoms with Crippen LogP contribution < -0.4 is 10.4 Å². The molecule has 3 fully saturated rings. The van der Waals surface area contributed by atoms with E-state index in [-0.39, 0.29) is 77.6 Å². The Morgan fingerprint density at radius 3 is 1.77 bits per heavy atom. The van der Waals surface area contributed by atoms with Gasteiger partial charge in [0, 0.05) is 31.3 Å². The van der Waals surface area contributed by atoms with Gasteiger partial charge in [-0.2, -0.15) is 0 Å². The molecule has 4 aromatic carbocycles. The number of carbonyl (C=O) groups is 3. The molecule has 0 radical (unpaired) electrons. The van der Waals surface area contributed by atoms with Crippen molar-refractivity contribution in [2.75, 3.05) is 0 Å². The highest BCUT2D eigenvalue weighted by Gasteiger charge is 2.55. The fourth-order valence-corrected chi connectivity index (χ4v) is 15.9. The maximum Gasteiger partial charge on any atom is 0.410 e. The molecule has 9 atom stereocenters. The number of benzene rings is 4. The first-order valence-electron chi connectivity index (χ1n) is 24.3. The Labute approximate surface area is 389 Å². The number of hydrogen-bond donors (Lipinski definition) is 0. The highest BCUT2D eigenvalue weighted by atomic mass is 28.4. The molecule has 2 saturated carbocycles. The van der Waals surface area contributed by atoms with Gasteiger partial charge in [-0.3, -0.25) is 14.5 Å². The van der Waals surface area contributed by atoms with Crippen molar-refractivity contribution in [3.05, 3.63) is 132 Å². The van der Waals surface area contributed by atoms with Gasteiger partial charge in [0.2, 0.25) is 0 Å². The molecule has 1 saturated heterocycles. The van der Waals surface area contributed by atoms with Crippen molar-refractivity contribution in [2.45, 2.75) is 149 Å². The lowest BCUT2D eigenvalue weighted by molar-refractivity contribution is -0.184. The summed E-state index contributed by atoms with van der Waals surface area (Å²) in [6.45, 7) is 18.1. The van der Waals surface area contributed by atoms with Gasteiger partial charge in [-0.05, 0) is 90.2 Å². The van der Waals surface area contributed by atoms with Gasteiger partial charge in [0.1, 0.15) is 18.3 Å². The summed E-state index contributed by atoms with van der Waals surface area (Å²) in [5.74, 6) is 0.0484. The molecule has 2 aliphatic carbocycles. The molecular formula is C56H73NO7Si. The van der Waals surface area contributed by atoms with Gasteiger partial charge in [-0.1, -0.05) is 169 Å². The van der Waals surface area contributed by atoms with Crippen molar-refractivity contribution in [3.63, 3.8) is 0 Å². The minimum atomic E-state index is -2.91. The molecule has 0 N–H and O–H groups in total. The number of cyclic esters (lactones) is 1. The fourth-order valence-electron chi connectivity index (χ4n) is 11.2. The van der Waals surface area contributed by atoms with E-state index in [9.17, 15) is 14.4 Å². The maximum absolute atomic E-state index is 14.5. The van der Waals surface area contributed by atoms with Crippen LogP contribution in [0.15, 0.2) is 121 Å². The molecule has 7 rings (SSSR count). The van der Waals surface area contributed by atoms with Crippen LogP contribution in [0.2, 0.25) is 5.04 Å². The summed E-state index contributed by atoms with van der Waals surface area (Å²) >= 11 is 0. The molecule has 65 heavy (non-hydrogen) atoms. The molecule has 1 amide bonds. The topological polar surface area (TPSA) is 91.4 Å². The van der Waals surface area contributed by atoms with Crippen LogP contribution in [0, 0.1) is 35.0 Å². The number of carbonyl (C=O) groups excluding carboxylic acids is 3. The second kappa shape index (κ2) is 20.8. The molecule has 1 aliphatic heterocycles. The summed E-state index contributed by atoms with van der Waals surface area (Å²) in [4.78, 5) is 43.8. The predicted molar refractivity (Wildman–Crippen MR) is 260 cm³/mol. The summed E-state index contributed by atoms with van der Waals surface area (Å²) < 4.78 is 27.1. The van der Waals surface area contributed by atoms with Crippen LogP contribution in [0.25, 0.3) is 0 Å². The van der Waals surface area contributed by atoms with E-state index in [0.717, 1.165) is 30.4 Å². The second-order valence-corrected chi connectivity index (χ2v) is 25.3. The lowest BCUT2D eigenvalue weighted by atomic mass is 9.57. The third kappa shape index (κ3) is 11.1. The zero-order valence-corrected chi connectivity index (χ0v) is 41.1. The molecule has 3 aliphatic rings. The smallest absolute Gasteiger partial charge is 0.410 e. The highest BCUT2D eigenvalue weighted by molar-refractivity contribution is 6.99. The van der Waals surface area contributed by atoms with Gasteiger partial charge in [0.25, 0.3) is 8.32 Å². The summed E-state index contributed by atoms with van der Waals surface area (Å²) in [6.07, 6.45) is 3.82. The largest absolute Gasteiger partial charge is 0.462 e.